The lowest BCUT2D eigenvalue weighted by molar-refractivity contribution is 0.626. The van der Waals surface area contributed by atoms with Crippen LogP contribution in [0.25, 0.3) is 11.1 Å². The van der Waals surface area contributed by atoms with Crippen molar-refractivity contribution < 1.29 is 8.60 Å². The third-order valence-corrected chi connectivity index (χ3v) is 4.87. The number of aryl methyl sites for hydroxylation is 1. The van der Waals surface area contributed by atoms with E-state index in [2.05, 4.69) is 17.4 Å². The van der Waals surface area contributed by atoms with Crippen LogP contribution in [0.4, 0.5) is 4.39 Å². The predicted octanol–water partition coefficient (Wildman–Crippen LogP) is 4.94. The van der Waals surface area contributed by atoms with Gasteiger partial charge in [0.05, 0.1) is 4.75 Å². The van der Waals surface area contributed by atoms with Gasteiger partial charge in [0.15, 0.2) is 0 Å². The zero-order chi connectivity index (χ0) is 17.0. The minimum absolute atomic E-state index is 0.348. The molecule has 0 radical (unpaired) electrons. The van der Waals surface area contributed by atoms with Crippen LogP contribution in [0.2, 0.25) is 0 Å². The van der Waals surface area contributed by atoms with Crippen molar-refractivity contribution in [3.8, 4) is 11.1 Å². The van der Waals surface area contributed by atoms with E-state index < -0.39 is 15.7 Å². The highest BCUT2D eigenvalue weighted by Crippen LogP contribution is 2.25. The van der Waals surface area contributed by atoms with Gasteiger partial charge in [0, 0.05) is 11.8 Å². The highest BCUT2D eigenvalue weighted by atomic mass is 32.2. The van der Waals surface area contributed by atoms with E-state index in [0.29, 0.717) is 5.56 Å². The molecule has 0 bridgehead atoms. The van der Waals surface area contributed by atoms with Crippen LogP contribution in [0.3, 0.4) is 0 Å². The summed E-state index contributed by atoms with van der Waals surface area (Å²) in [6, 6.07) is 13.1. The summed E-state index contributed by atoms with van der Waals surface area (Å²) in [6.07, 6.45) is 2.25. The van der Waals surface area contributed by atoms with Gasteiger partial charge in [-0.25, -0.2) is 8.60 Å². The van der Waals surface area contributed by atoms with Gasteiger partial charge in [-0.3, -0.25) is 0 Å². The number of hydrogen-bond donors (Lipinski definition) is 0. The number of hydrogen-bond acceptors (Lipinski definition) is 1. The van der Waals surface area contributed by atoms with Crippen LogP contribution < -0.4 is 0 Å². The Morgan fingerprint density at radius 2 is 1.87 bits per heavy atom. The molecule has 122 valence electrons. The van der Waals surface area contributed by atoms with Gasteiger partial charge in [0.2, 0.25) is 0 Å². The fourth-order valence-electron chi connectivity index (χ4n) is 2.17. The third kappa shape index (κ3) is 4.35. The van der Waals surface area contributed by atoms with Gasteiger partial charge in [-0.2, -0.15) is 4.40 Å². The van der Waals surface area contributed by atoms with Crippen LogP contribution in [0, 0.1) is 5.82 Å². The SMILES string of the molecule is CCc1ccccc1-c1ccc(/C=N/[S@@](=O)C(C)(C)C)c(F)c1. The van der Waals surface area contributed by atoms with E-state index in [1.807, 2.05) is 45.0 Å². The van der Waals surface area contributed by atoms with Gasteiger partial charge in [-0.05, 0) is 56.0 Å². The van der Waals surface area contributed by atoms with E-state index >= 15 is 0 Å². The first-order chi connectivity index (χ1) is 10.8. The number of halogens is 1. The quantitative estimate of drug-likeness (QED) is 0.730. The molecule has 0 N–H and O–H groups in total. The van der Waals surface area contributed by atoms with Crippen molar-refractivity contribution in [1.29, 1.82) is 0 Å². The molecule has 0 aliphatic rings. The Balaban J connectivity index is 2.32. The van der Waals surface area contributed by atoms with Crippen molar-refractivity contribution in [2.24, 2.45) is 4.40 Å². The topological polar surface area (TPSA) is 29.4 Å². The van der Waals surface area contributed by atoms with Gasteiger partial charge >= 0.3 is 0 Å². The van der Waals surface area contributed by atoms with Crippen LogP contribution in [0.1, 0.15) is 38.8 Å². The molecule has 0 spiro atoms. The lowest BCUT2D eigenvalue weighted by Gasteiger charge is -2.13. The summed E-state index contributed by atoms with van der Waals surface area (Å²) >= 11 is 0. The molecular formula is C19H22FNOS. The summed E-state index contributed by atoms with van der Waals surface area (Å²) in [5, 5.41) is 0. The zero-order valence-corrected chi connectivity index (χ0v) is 14.8. The van der Waals surface area contributed by atoms with Crippen LogP contribution in [0.15, 0.2) is 46.9 Å². The first kappa shape index (κ1) is 17.5. The molecule has 0 unspecified atom stereocenters. The van der Waals surface area contributed by atoms with Crippen molar-refractivity contribution in [3.63, 3.8) is 0 Å². The predicted molar refractivity (Wildman–Crippen MR) is 96.7 cm³/mol. The minimum Gasteiger partial charge on any atom is -0.234 e. The van der Waals surface area contributed by atoms with Gasteiger partial charge in [-0.1, -0.05) is 37.3 Å². The van der Waals surface area contributed by atoms with Crippen LogP contribution in [0.5, 0.6) is 0 Å². The second kappa shape index (κ2) is 7.18. The minimum atomic E-state index is -1.39. The molecule has 2 aromatic rings. The van der Waals surface area contributed by atoms with E-state index in [-0.39, 0.29) is 5.82 Å². The molecule has 0 heterocycles. The highest BCUT2D eigenvalue weighted by molar-refractivity contribution is 7.85. The van der Waals surface area contributed by atoms with Crippen molar-refractivity contribution in [2.75, 3.05) is 0 Å². The molecule has 0 aliphatic carbocycles. The first-order valence-electron chi connectivity index (χ1n) is 7.67. The van der Waals surface area contributed by atoms with Crippen LogP contribution in [-0.2, 0) is 17.4 Å². The number of nitrogens with zero attached hydrogens (tertiary/aromatic N) is 1. The van der Waals surface area contributed by atoms with Crippen LogP contribution >= 0.6 is 0 Å². The summed E-state index contributed by atoms with van der Waals surface area (Å²) in [7, 11) is -1.39. The number of benzene rings is 2. The summed E-state index contributed by atoms with van der Waals surface area (Å²) in [5.41, 5.74) is 3.41. The molecule has 0 amide bonds. The van der Waals surface area contributed by atoms with Crippen molar-refractivity contribution in [3.05, 3.63) is 59.4 Å². The smallest absolute Gasteiger partial charge is 0.144 e. The molecule has 0 saturated carbocycles. The van der Waals surface area contributed by atoms with Crippen LogP contribution in [-0.4, -0.2) is 15.2 Å². The fraction of sp³-hybridized carbons (Fsp3) is 0.316. The average molecular weight is 331 g/mol. The largest absolute Gasteiger partial charge is 0.234 e. The molecule has 2 aromatic carbocycles. The Morgan fingerprint density at radius 3 is 2.48 bits per heavy atom. The standard InChI is InChI=1S/C19H22FNOS/c1-5-14-8-6-7-9-17(14)15-10-11-16(18(20)12-15)13-21-23(22)19(2,3)4/h6-13H,5H2,1-4H3/b21-13+/t23-/m0/s1. The Morgan fingerprint density at radius 1 is 1.17 bits per heavy atom. The molecule has 4 heteroatoms. The van der Waals surface area contributed by atoms with Gasteiger partial charge in [-0.15, -0.1) is 0 Å². The van der Waals surface area contributed by atoms with Crippen molar-refractivity contribution in [1.82, 2.24) is 0 Å². The second-order valence-corrected chi connectivity index (χ2v) is 8.28. The Bertz CT molecular complexity index is 747. The summed E-state index contributed by atoms with van der Waals surface area (Å²) in [4.78, 5) is 0. The first-order valence-corrected chi connectivity index (χ1v) is 8.77. The lowest BCUT2D eigenvalue weighted by atomic mass is 9.97. The Labute approximate surface area is 140 Å². The molecule has 2 rings (SSSR count). The monoisotopic (exact) mass is 331 g/mol. The van der Waals surface area contributed by atoms with Gasteiger partial charge in [0.1, 0.15) is 16.8 Å². The summed E-state index contributed by atoms with van der Waals surface area (Å²) < 4.78 is 29.8. The normalized spacial score (nSPS) is 13.4. The Hall–Kier alpha value is -1.81. The van der Waals surface area contributed by atoms with Gasteiger partial charge < -0.3 is 0 Å². The van der Waals surface area contributed by atoms with Crippen molar-refractivity contribution >= 4 is 17.2 Å². The van der Waals surface area contributed by atoms with E-state index in [4.69, 9.17) is 0 Å². The molecule has 23 heavy (non-hydrogen) atoms. The molecule has 0 aliphatic heterocycles. The molecule has 0 aromatic heterocycles. The summed E-state index contributed by atoms with van der Waals surface area (Å²) in [6.45, 7) is 7.59. The molecular weight excluding hydrogens is 309 g/mol. The number of rotatable bonds is 4. The lowest BCUT2D eigenvalue weighted by Crippen LogP contribution is -2.19. The molecule has 0 saturated heterocycles. The van der Waals surface area contributed by atoms with Crippen molar-refractivity contribution in [2.45, 2.75) is 38.9 Å². The summed E-state index contributed by atoms with van der Waals surface area (Å²) in [5.74, 6) is -0.358. The molecule has 0 fully saturated rings. The van der Waals surface area contributed by atoms with Gasteiger partial charge in [0.25, 0.3) is 0 Å². The fourth-order valence-corrected chi connectivity index (χ4v) is 2.70. The van der Waals surface area contributed by atoms with E-state index in [0.717, 1.165) is 17.5 Å². The average Bonchev–Trinajstić information content (AvgIpc) is 2.52. The maximum Gasteiger partial charge on any atom is 0.144 e. The highest BCUT2D eigenvalue weighted by Gasteiger charge is 2.18. The molecule has 2 nitrogen and oxygen atoms in total. The maximum absolute atomic E-state index is 14.3. The Kier molecular flexibility index (Phi) is 5.47. The molecule has 1 atom stereocenters. The zero-order valence-electron chi connectivity index (χ0n) is 14.0. The van der Waals surface area contributed by atoms with E-state index in [1.54, 1.807) is 6.07 Å². The third-order valence-electron chi connectivity index (χ3n) is 3.52. The second-order valence-electron chi connectivity index (χ2n) is 6.34. The maximum atomic E-state index is 14.3. The van der Waals surface area contributed by atoms with E-state index in [9.17, 15) is 8.60 Å². The van der Waals surface area contributed by atoms with E-state index in [1.165, 1.54) is 17.8 Å².